The van der Waals surface area contributed by atoms with Crippen LogP contribution in [0.1, 0.15) is 0 Å². The first-order valence-corrected chi connectivity index (χ1v) is 9.82. The largest absolute Gasteiger partial charge is 0.330 e. The third-order valence-corrected chi connectivity index (χ3v) is 4.95. The fourth-order valence-corrected chi connectivity index (χ4v) is 3.38. The van der Waals surface area contributed by atoms with Crippen molar-refractivity contribution in [3.05, 3.63) is 26.9 Å². The maximum atomic E-state index is 12.0. The summed E-state index contributed by atoms with van der Waals surface area (Å²) in [7, 11) is 3.11. The molecule has 2 heterocycles. The molecule has 0 atom stereocenters. The second-order valence-corrected chi connectivity index (χ2v) is 10.9. The monoisotopic (exact) mass is 293 g/mol. The number of nitrogens with zero attached hydrogens (tertiary/aromatic N) is 5. The zero-order chi connectivity index (χ0) is 15.2. The molecule has 0 aliphatic heterocycles. The highest BCUT2D eigenvalue weighted by atomic mass is 28.3. The van der Waals surface area contributed by atoms with Crippen LogP contribution in [0.5, 0.6) is 0 Å². The molecule has 0 radical (unpaired) electrons. The van der Waals surface area contributed by atoms with E-state index in [9.17, 15) is 9.59 Å². The van der Waals surface area contributed by atoms with E-state index in [4.69, 9.17) is 0 Å². The Balaban J connectivity index is 2.83. The van der Waals surface area contributed by atoms with Gasteiger partial charge in [-0.05, 0) is 0 Å². The maximum Gasteiger partial charge on any atom is 0.330 e. The number of hydrogen-bond donors (Lipinski definition) is 0. The summed E-state index contributed by atoms with van der Waals surface area (Å²) in [6, 6.07) is 1.44. The molecular weight excluding hydrogens is 274 g/mol. The smallest absolute Gasteiger partial charge is 0.295 e. The Bertz CT molecular complexity index is 779. The van der Waals surface area contributed by atoms with Crippen LogP contribution in [0, 0.1) is 0 Å². The third kappa shape index (κ3) is 2.26. The van der Waals surface area contributed by atoms with E-state index in [-0.39, 0.29) is 11.2 Å². The fraction of sp³-hybridized carbons (Fsp3) is 0.500. The highest BCUT2D eigenvalue weighted by molar-refractivity contribution is 6.88. The molecule has 2 rings (SSSR count). The quantitative estimate of drug-likeness (QED) is 0.695. The molecule has 0 unspecified atom stereocenters. The maximum absolute atomic E-state index is 12.0. The predicted molar refractivity (Wildman–Crippen MR) is 79.9 cm³/mol. The van der Waals surface area contributed by atoms with Gasteiger partial charge in [-0.25, -0.2) is 4.79 Å². The summed E-state index contributed by atoms with van der Waals surface area (Å²) >= 11 is 0. The van der Waals surface area contributed by atoms with E-state index in [0.29, 0.717) is 11.4 Å². The van der Waals surface area contributed by atoms with E-state index in [0.717, 1.165) is 9.88 Å². The van der Waals surface area contributed by atoms with Crippen molar-refractivity contribution in [2.75, 3.05) is 0 Å². The van der Waals surface area contributed by atoms with Crippen LogP contribution in [0.25, 0.3) is 11.4 Å². The lowest BCUT2D eigenvalue weighted by atomic mass is 10.3. The Morgan fingerprint density at radius 1 is 1.00 bits per heavy atom. The molecule has 0 aromatic carbocycles. The molecule has 8 heteroatoms. The van der Waals surface area contributed by atoms with Gasteiger partial charge >= 0.3 is 5.69 Å². The van der Waals surface area contributed by atoms with Gasteiger partial charge in [0.15, 0.2) is 0 Å². The average molecular weight is 293 g/mol. The van der Waals surface area contributed by atoms with Gasteiger partial charge in [0.2, 0.25) is 0 Å². The standard InChI is InChI=1S/C12H19N5O2Si/c1-15-8(7-9(18)16(2)12(15)19)10-11(20(4,5)6)14-17(3)13-10/h7H,1-6H3. The lowest BCUT2D eigenvalue weighted by molar-refractivity contribution is 0.653. The van der Waals surface area contributed by atoms with Crippen molar-refractivity contribution in [3.8, 4) is 11.4 Å². The minimum Gasteiger partial charge on any atom is -0.295 e. The summed E-state index contributed by atoms with van der Waals surface area (Å²) in [6.07, 6.45) is 0. The van der Waals surface area contributed by atoms with Gasteiger partial charge in [0, 0.05) is 27.2 Å². The normalized spacial score (nSPS) is 11.9. The van der Waals surface area contributed by atoms with Crippen LogP contribution in [0.15, 0.2) is 15.7 Å². The topological polar surface area (TPSA) is 74.7 Å². The molecule has 0 bridgehead atoms. The zero-order valence-electron chi connectivity index (χ0n) is 12.6. The van der Waals surface area contributed by atoms with Crippen LogP contribution in [0.3, 0.4) is 0 Å². The van der Waals surface area contributed by atoms with Crippen molar-refractivity contribution >= 4 is 13.4 Å². The molecule has 0 spiro atoms. The van der Waals surface area contributed by atoms with E-state index in [1.165, 1.54) is 22.5 Å². The fourth-order valence-electron chi connectivity index (χ4n) is 2.04. The number of aryl methyl sites for hydroxylation is 1. The first kappa shape index (κ1) is 14.4. The van der Waals surface area contributed by atoms with Crippen LogP contribution in [-0.4, -0.2) is 32.2 Å². The Morgan fingerprint density at radius 2 is 1.60 bits per heavy atom. The summed E-state index contributed by atoms with van der Waals surface area (Å²) in [4.78, 5) is 25.4. The van der Waals surface area contributed by atoms with E-state index >= 15 is 0 Å². The van der Waals surface area contributed by atoms with Crippen molar-refractivity contribution in [3.63, 3.8) is 0 Å². The zero-order valence-corrected chi connectivity index (χ0v) is 13.6. The number of rotatable bonds is 2. The first-order chi connectivity index (χ1) is 9.12. The summed E-state index contributed by atoms with van der Waals surface area (Å²) in [5, 5.41) is 9.67. The Labute approximate surface area is 117 Å². The van der Waals surface area contributed by atoms with Crippen LogP contribution in [-0.2, 0) is 21.1 Å². The number of aromatic nitrogens is 5. The van der Waals surface area contributed by atoms with E-state index < -0.39 is 8.07 Å². The molecule has 0 saturated heterocycles. The van der Waals surface area contributed by atoms with Crippen molar-refractivity contribution in [2.45, 2.75) is 19.6 Å². The third-order valence-electron chi connectivity index (χ3n) is 3.19. The van der Waals surface area contributed by atoms with Crippen LogP contribution in [0.2, 0.25) is 19.6 Å². The van der Waals surface area contributed by atoms with E-state index in [1.54, 1.807) is 14.1 Å². The molecule has 0 fully saturated rings. The van der Waals surface area contributed by atoms with Gasteiger partial charge in [-0.2, -0.15) is 15.0 Å². The predicted octanol–water partition coefficient (Wildman–Crippen LogP) is -0.575. The van der Waals surface area contributed by atoms with Gasteiger partial charge < -0.3 is 0 Å². The molecule has 0 aliphatic carbocycles. The highest BCUT2D eigenvalue weighted by Gasteiger charge is 2.27. The summed E-state index contributed by atoms with van der Waals surface area (Å²) in [5.74, 6) is 0. The second kappa shape index (κ2) is 4.55. The van der Waals surface area contributed by atoms with Crippen molar-refractivity contribution < 1.29 is 0 Å². The molecule has 2 aromatic heterocycles. The molecule has 0 N–H and O–H groups in total. The SMILES string of the molecule is Cn1nc(-c2cc(=O)n(C)c(=O)n2C)c([Si](C)(C)C)n1. The minimum atomic E-state index is -1.73. The Kier molecular flexibility index (Phi) is 3.29. The molecule has 0 aliphatic rings. The van der Waals surface area contributed by atoms with Gasteiger partial charge in [0.1, 0.15) is 13.8 Å². The minimum absolute atomic E-state index is 0.338. The first-order valence-electron chi connectivity index (χ1n) is 6.32. The van der Waals surface area contributed by atoms with Crippen LogP contribution >= 0.6 is 0 Å². The molecule has 108 valence electrons. The Morgan fingerprint density at radius 3 is 2.15 bits per heavy atom. The second-order valence-electron chi connectivity index (χ2n) is 5.91. The lowest BCUT2D eigenvalue weighted by Gasteiger charge is -2.15. The van der Waals surface area contributed by atoms with Crippen molar-refractivity contribution in [2.24, 2.45) is 21.1 Å². The van der Waals surface area contributed by atoms with E-state index in [1.807, 2.05) is 0 Å². The molecule has 2 aromatic rings. The summed E-state index contributed by atoms with van der Waals surface area (Å²) in [6.45, 7) is 6.46. The summed E-state index contributed by atoms with van der Waals surface area (Å²) < 4.78 is 2.52. The van der Waals surface area contributed by atoms with Crippen molar-refractivity contribution in [1.82, 2.24) is 24.1 Å². The molecular formula is C12H19N5O2Si. The van der Waals surface area contributed by atoms with Gasteiger partial charge in [0.25, 0.3) is 5.56 Å². The molecule has 20 heavy (non-hydrogen) atoms. The average Bonchev–Trinajstić information content (AvgIpc) is 2.73. The number of hydrogen-bond acceptors (Lipinski definition) is 4. The van der Waals surface area contributed by atoms with Crippen molar-refractivity contribution in [1.29, 1.82) is 0 Å². The van der Waals surface area contributed by atoms with Gasteiger partial charge in [0.05, 0.1) is 11.0 Å². The van der Waals surface area contributed by atoms with E-state index in [2.05, 4.69) is 29.8 Å². The van der Waals surface area contributed by atoms with Gasteiger partial charge in [-0.15, -0.1) is 0 Å². The van der Waals surface area contributed by atoms with Gasteiger partial charge in [-0.3, -0.25) is 13.9 Å². The molecule has 7 nitrogen and oxygen atoms in total. The van der Waals surface area contributed by atoms with Crippen LogP contribution in [0.4, 0.5) is 0 Å². The molecule has 0 saturated carbocycles. The molecule has 0 amide bonds. The van der Waals surface area contributed by atoms with Gasteiger partial charge in [-0.1, -0.05) is 19.6 Å². The highest BCUT2D eigenvalue weighted by Crippen LogP contribution is 2.14. The Hall–Kier alpha value is -1.96. The van der Waals surface area contributed by atoms with Crippen LogP contribution < -0.4 is 16.6 Å². The summed E-state index contributed by atoms with van der Waals surface area (Å²) in [5.41, 5.74) is 0.447. The lowest BCUT2D eigenvalue weighted by Crippen LogP contribution is -2.42.